The Labute approximate surface area is 129 Å². The lowest BCUT2D eigenvalue weighted by Crippen LogP contribution is -2.23. The van der Waals surface area contributed by atoms with E-state index >= 15 is 0 Å². The van der Waals surface area contributed by atoms with Crippen LogP contribution >= 0.6 is 0 Å². The highest BCUT2D eigenvalue weighted by molar-refractivity contribution is 5.71. The minimum Gasteiger partial charge on any atom is -0.481 e. The number of hydrogen-bond donors (Lipinski definition) is 1. The van der Waals surface area contributed by atoms with E-state index in [1.54, 1.807) is 0 Å². The standard InChI is InChI=1S/C17H20N2O3/c1-11-3-5-13(6-4-11)16-7-14(22-18-16)9-19-8-12(2)15(10-19)17(20)21/h3-7,12,15H,8-10H2,1-2H3,(H,20,21)/t12-,15-/m1/s1. The molecular weight excluding hydrogens is 280 g/mol. The molecular formula is C17H20N2O3. The van der Waals surface area contributed by atoms with Crippen LogP contribution in [0.2, 0.25) is 0 Å². The van der Waals surface area contributed by atoms with E-state index in [4.69, 9.17) is 4.52 Å². The van der Waals surface area contributed by atoms with E-state index < -0.39 is 5.97 Å². The van der Waals surface area contributed by atoms with Gasteiger partial charge in [-0.15, -0.1) is 0 Å². The van der Waals surface area contributed by atoms with Crippen LogP contribution < -0.4 is 0 Å². The third-order valence-electron chi connectivity index (χ3n) is 4.29. The molecule has 2 atom stereocenters. The Morgan fingerprint density at radius 2 is 2.09 bits per heavy atom. The number of rotatable bonds is 4. The van der Waals surface area contributed by atoms with Gasteiger partial charge in [0.05, 0.1) is 12.5 Å². The van der Waals surface area contributed by atoms with Crippen LogP contribution in [0.1, 0.15) is 18.2 Å². The molecule has 0 amide bonds. The van der Waals surface area contributed by atoms with Crippen LogP contribution in [0.3, 0.4) is 0 Å². The first-order valence-electron chi connectivity index (χ1n) is 7.50. The van der Waals surface area contributed by atoms with E-state index in [9.17, 15) is 9.90 Å². The fourth-order valence-electron chi connectivity index (χ4n) is 2.99. The molecule has 1 aromatic carbocycles. The van der Waals surface area contributed by atoms with Crippen LogP contribution in [0, 0.1) is 18.8 Å². The summed E-state index contributed by atoms with van der Waals surface area (Å²) in [6.45, 7) is 5.98. The predicted molar refractivity (Wildman–Crippen MR) is 82.2 cm³/mol. The number of aliphatic carboxylic acids is 1. The number of carboxylic acid groups (broad SMARTS) is 1. The zero-order valence-electron chi connectivity index (χ0n) is 12.8. The molecule has 1 aromatic heterocycles. The quantitative estimate of drug-likeness (QED) is 0.940. The summed E-state index contributed by atoms with van der Waals surface area (Å²) in [7, 11) is 0. The maximum atomic E-state index is 11.2. The van der Waals surface area contributed by atoms with Crippen molar-refractivity contribution in [3.05, 3.63) is 41.7 Å². The Morgan fingerprint density at radius 1 is 1.36 bits per heavy atom. The van der Waals surface area contributed by atoms with E-state index in [0.717, 1.165) is 23.6 Å². The van der Waals surface area contributed by atoms with E-state index in [2.05, 4.69) is 10.1 Å². The average molecular weight is 300 g/mol. The number of benzene rings is 1. The third-order valence-corrected chi connectivity index (χ3v) is 4.29. The molecule has 22 heavy (non-hydrogen) atoms. The SMILES string of the molecule is Cc1ccc(-c2cc(CN3C[C@@H](C)[C@H](C(=O)O)C3)on2)cc1. The fraction of sp³-hybridized carbons (Fsp3) is 0.412. The topological polar surface area (TPSA) is 66.6 Å². The summed E-state index contributed by atoms with van der Waals surface area (Å²) in [4.78, 5) is 13.3. The van der Waals surface area contributed by atoms with Gasteiger partial charge in [0.15, 0.2) is 5.76 Å². The second-order valence-electron chi connectivity index (χ2n) is 6.16. The van der Waals surface area contributed by atoms with Crippen molar-refractivity contribution in [2.75, 3.05) is 13.1 Å². The second kappa shape index (κ2) is 5.93. The maximum absolute atomic E-state index is 11.2. The van der Waals surface area contributed by atoms with E-state index in [1.165, 1.54) is 5.56 Å². The second-order valence-corrected chi connectivity index (χ2v) is 6.16. The van der Waals surface area contributed by atoms with Crippen molar-refractivity contribution >= 4 is 5.97 Å². The lowest BCUT2D eigenvalue weighted by molar-refractivity contribution is -0.142. The molecule has 0 bridgehead atoms. The van der Waals surface area contributed by atoms with Gasteiger partial charge in [-0.3, -0.25) is 9.69 Å². The van der Waals surface area contributed by atoms with E-state index in [0.29, 0.717) is 13.1 Å². The molecule has 1 fully saturated rings. The number of carboxylic acids is 1. The van der Waals surface area contributed by atoms with Crippen LogP contribution in [0.4, 0.5) is 0 Å². The molecule has 2 heterocycles. The van der Waals surface area contributed by atoms with Crippen LogP contribution in [0.5, 0.6) is 0 Å². The number of carbonyl (C=O) groups is 1. The molecule has 5 nitrogen and oxygen atoms in total. The Hall–Kier alpha value is -2.14. The highest BCUT2D eigenvalue weighted by Crippen LogP contribution is 2.26. The Morgan fingerprint density at radius 3 is 2.73 bits per heavy atom. The number of aromatic nitrogens is 1. The maximum Gasteiger partial charge on any atom is 0.308 e. The molecule has 5 heteroatoms. The van der Waals surface area contributed by atoms with Crippen LogP contribution in [0.15, 0.2) is 34.9 Å². The summed E-state index contributed by atoms with van der Waals surface area (Å²) in [6.07, 6.45) is 0. The zero-order valence-corrected chi connectivity index (χ0v) is 12.8. The van der Waals surface area contributed by atoms with Crippen LogP contribution in [0.25, 0.3) is 11.3 Å². The van der Waals surface area contributed by atoms with Gasteiger partial charge >= 0.3 is 5.97 Å². The van der Waals surface area contributed by atoms with Crippen molar-refractivity contribution in [1.82, 2.24) is 10.1 Å². The smallest absolute Gasteiger partial charge is 0.308 e. The lowest BCUT2D eigenvalue weighted by atomic mass is 9.99. The molecule has 0 aliphatic carbocycles. The molecule has 0 unspecified atom stereocenters. The summed E-state index contributed by atoms with van der Waals surface area (Å²) < 4.78 is 5.40. The number of aryl methyl sites for hydroxylation is 1. The van der Waals surface area contributed by atoms with Crippen LogP contribution in [-0.2, 0) is 11.3 Å². The summed E-state index contributed by atoms with van der Waals surface area (Å²) in [6, 6.07) is 10.1. The molecule has 1 aliphatic rings. The molecule has 0 saturated carbocycles. The summed E-state index contributed by atoms with van der Waals surface area (Å²) in [5.41, 5.74) is 3.05. The summed E-state index contributed by atoms with van der Waals surface area (Å²) in [5, 5.41) is 13.3. The number of likely N-dealkylation sites (tertiary alicyclic amines) is 1. The summed E-state index contributed by atoms with van der Waals surface area (Å²) in [5.74, 6) is -0.0711. The fourth-order valence-corrected chi connectivity index (χ4v) is 2.99. The molecule has 0 radical (unpaired) electrons. The van der Waals surface area contributed by atoms with Gasteiger partial charge in [-0.25, -0.2) is 0 Å². The highest BCUT2D eigenvalue weighted by atomic mass is 16.5. The van der Waals surface area contributed by atoms with Gasteiger partial charge in [0.2, 0.25) is 0 Å². The molecule has 1 saturated heterocycles. The monoisotopic (exact) mass is 300 g/mol. The molecule has 1 aliphatic heterocycles. The minimum absolute atomic E-state index is 0.164. The van der Waals surface area contributed by atoms with Gasteiger partial charge in [-0.05, 0) is 12.8 Å². The van der Waals surface area contributed by atoms with Crippen molar-refractivity contribution in [2.24, 2.45) is 11.8 Å². The molecule has 3 rings (SSSR count). The number of nitrogens with zero attached hydrogens (tertiary/aromatic N) is 2. The highest BCUT2D eigenvalue weighted by Gasteiger charge is 2.34. The van der Waals surface area contributed by atoms with Gasteiger partial charge in [0.25, 0.3) is 0 Å². The average Bonchev–Trinajstić information content (AvgIpc) is 3.07. The Kier molecular flexibility index (Phi) is 3.98. The van der Waals surface area contributed by atoms with Crippen molar-refractivity contribution in [3.63, 3.8) is 0 Å². The first-order chi connectivity index (χ1) is 10.5. The van der Waals surface area contributed by atoms with Crippen LogP contribution in [-0.4, -0.2) is 34.2 Å². The van der Waals surface area contributed by atoms with Crippen molar-refractivity contribution < 1.29 is 14.4 Å². The third kappa shape index (κ3) is 3.04. The normalized spacial score (nSPS) is 22.1. The van der Waals surface area contributed by atoms with Gasteiger partial charge < -0.3 is 9.63 Å². The summed E-state index contributed by atoms with van der Waals surface area (Å²) >= 11 is 0. The Balaban J connectivity index is 1.68. The van der Waals surface area contributed by atoms with Crippen molar-refractivity contribution in [3.8, 4) is 11.3 Å². The molecule has 1 N–H and O–H groups in total. The van der Waals surface area contributed by atoms with E-state index in [-0.39, 0.29) is 11.8 Å². The molecule has 0 spiro atoms. The minimum atomic E-state index is -0.715. The first kappa shape index (κ1) is 14.8. The predicted octanol–water partition coefficient (Wildman–Crippen LogP) is 2.80. The van der Waals surface area contributed by atoms with Gasteiger partial charge in [0, 0.05) is 24.7 Å². The van der Waals surface area contributed by atoms with Crippen molar-refractivity contribution in [2.45, 2.75) is 20.4 Å². The number of hydrogen-bond acceptors (Lipinski definition) is 4. The van der Waals surface area contributed by atoms with Crippen molar-refractivity contribution in [1.29, 1.82) is 0 Å². The molecule has 2 aromatic rings. The first-order valence-corrected chi connectivity index (χ1v) is 7.50. The largest absolute Gasteiger partial charge is 0.481 e. The lowest BCUT2D eigenvalue weighted by Gasteiger charge is -2.12. The zero-order chi connectivity index (χ0) is 15.7. The van der Waals surface area contributed by atoms with Gasteiger partial charge in [0.1, 0.15) is 5.69 Å². The Bertz CT molecular complexity index is 663. The van der Waals surface area contributed by atoms with Gasteiger partial charge in [-0.2, -0.15) is 0 Å². The van der Waals surface area contributed by atoms with Gasteiger partial charge in [-0.1, -0.05) is 41.9 Å². The molecule has 116 valence electrons. The van der Waals surface area contributed by atoms with E-state index in [1.807, 2.05) is 44.2 Å².